The molecule has 2 aliphatic rings. The van der Waals surface area contributed by atoms with E-state index in [4.69, 9.17) is 4.74 Å². The van der Waals surface area contributed by atoms with Gasteiger partial charge >= 0.3 is 0 Å². The Kier molecular flexibility index (Phi) is 7.22. The summed E-state index contributed by atoms with van der Waals surface area (Å²) in [6.07, 6.45) is 0. The number of rotatable bonds is 3. The Hall–Kier alpha value is -8.26. The van der Waals surface area contributed by atoms with Crippen molar-refractivity contribution >= 4 is 118 Å². The van der Waals surface area contributed by atoms with Crippen LogP contribution in [0.15, 0.2) is 170 Å². The summed E-state index contributed by atoms with van der Waals surface area (Å²) in [5.41, 5.74) is 13.3. The molecule has 15 aromatic rings. The Labute approximate surface area is 416 Å². The maximum Gasteiger partial charge on any atom is 0.131 e. The van der Waals surface area contributed by atoms with Gasteiger partial charge in [-0.25, -0.2) is 0 Å². The zero-order chi connectivity index (χ0) is 47.8. The van der Waals surface area contributed by atoms with E-state index in [1.165, 1.54) is 174 Å². The average molecular weight is 917 g/mol. The van der Waals surface area contributed by atoms with Gasteiger partial charge in [0.25, 0.3) is 0 Å². The third-order valence-corrected chi connectivity index (χ3v) is 17.9. The second kappa shape index (κ2) is 13.2. The Morgan fingerprint density at radius 1 is 0.319 bits per heavy atom. The zero-order valence-corrected chi connectivity index (χ0v) is 41.2. The molecular formula is C71H48O. The molecule has 0 amide bonds. The van der Waals surface area contributed by atoms with Gasteiger partial charge in [0.15, 0.2) is 0 Å². The highest BCUT2D eigenvalue weighted by atomic mass is 16.5. The van der Waals surface area contributed by atoms with E-state index >= 15 is 0 Å². The quantitative estimate of drug-likeness (QED) is 0.127. The topological polar surface area (TPSA) is 9.23 Å². The standard InChI is InChI=1S/C71H48O/c1-35(2)57-40-17-9-10-18-41(40)58(36(3)4)67-49-29-25-45-47-27-31-51-64-50(30-26-46(62(47)64)44-24-28-48(66(57)67)63(49)61(44)45)68-59(38-23-32-56-54(34-38)71(5,6)53-21-13-14-22-55(53)72-56)52-33-37-15-7-8-16-39(37)60-42-19-11-12-20-43(42)65(69(51)68)70(52)60/h7-36H,1-6H3. The first-order valence-corrected chi connectivity index (χ1v) is 26.1. The largest absolute Gasteiger partial charge is 0.457 e. The van der Waals surface area contributed by atoms with Gasteiger partial charge in [-0.05, 0) is 199 Å². The Morgan fingerprint density at radius 3 is 1.42 bits per heavy atom. The molecule has 338 valence electrons. The monoisotopic (exact) mass is 916 g/mol. The minimum absolute atomic E-state index is 0.262. The van der Waals surface area contributed by atoms with Gasteiger partial charge in [0.05, 0.1) is 0 Å². The smallest absolute Gasteiger partial charge is 0.131 e. The highest BCUT2D eigenvalue weighted by molar-refractivity contribution is 6.52. The lowest BCUT2D eigenvalue weighted by molar-refractivity contribution is 0.418. The molecule has 0 unspecified atom stereocenters. The van der Waals surface area contributed by atoms with Crippen LogP contribution in [0.1, 0.15) is 75.6 Å². The summed E-state index contributed by atoms with van der Waals surface area (Å²) >= 11 is 0. The van der Waals surface area contributed by atoms with Gasteiger partial charge in [-0.2, -0.15) is 0 Å². The Balaban J connectivity index is 1.04. The van der Waals surface area contributed by atoms with Gasteiger partial charge in [-0.1, -0.05) is 187 Å². The van der Waals surface area contributed by atoms with Crippen LogP contribution in [0.25, 0.3) is 152 Å². The van der Waals surface area contributed by atoms with Gasteiger partial charge in [0.2, 0.25) is 0 Å². The molecule has 1 heterocycles. The molecule has 1 aliphatic heterocycles. The van der Waals surface area contributed by atoms with E-state index in [9.17, 15) is 0 Å². The molecule has 1 aliphatic carbocycles. The van der Waals surface area contributed by atoms with Crippen molar-refractivity contribution in [2.45, 2.75) is 58.8 Å². The molecule has 17 rings (SSSR count). The van der Waals surface area contributed by atoms with Crippen molar-refractivity contribution in [2.75, 3.05) is 0 Å². The molecule has 0 saturated carbocycles. The van der Waals surface area contributed by atoms with Crippen LogP contribution in [0.4, 0.5) is 0 Å². The molecule has 1 nitrogen and oxygen atoms in total. The Morgan fingerprint density at radius 2 is 0.764 bits per heavy atom. The zero-order valence-electron chi connectivity index (χ0n) is 41.2. The first kappa shape index (κ1) is 39.5. The second-order valence-corrected chi connectivity index (χ2v) is 22.5. The van der Waals surface area contributed by atoms with E-state index in [0.717, 1.165) is 11.5 Å². The van der Waals surface area contributed by atoms with Crippen molar-refractivity contribution in [1.29, 1.82) is 0 Å². The fourth-order valence-electron chi connectivity index (χ4n) is 15.2. The van der Waals surface area contributed by atoms with Crippen molar-refractivity contribution in [3.63, 3.8) is 0 Å². The lowest BCUT2D eigenvalue weighted by atomic mass is 9.75. The van der Waals surface area contributed by atoms with Crippen LogP contribution < -0.4 is 4.74 Å². The highest BCUT2D eigenvalue weighted by Gasteiger charge is 2.37. The van der Waals surface area contributed by atoms with E-state index in [-0.39, 0.29) is 5.41 Å². The third kappa shape index (κ3) is 4.51. The van der Waals surface area contributed by atoms with Crippen LogP contribution in [0, 0.1) is 0 Å². The summed E-state index contributed by atoms with van der Waals surface area (Å²) in [4.78, 5) is 0. The van der Waals surface area contributed by atoms with Crippen molar-refractivity contribution in [2.24, 2.45) is 0 Å². The number of para-hydroxylation sites is 1. The van der Waals surface area contributed by atoms with Gasteiger partial charge in [-0.3, -0.25) is 0 Å². The first-order valence-electron chi connectivity index (χ1n) is 26.1. The molecule has 0 bridgehead atoms. The van der Waals surface area contributed by atoms with Crippen LogP contribution in [0.2, 0.25) is 0 Å². The molecule has 0 N–H and O–H groups in total. The van der Waals surface area contributed by atoms with Crippen molar-refractivity contribution in [3.8, 4) is 44.9 Å². The molecule has 0 fully saturated rings. The van der Waals surface area contributed by atoms with Crippen molar-refractivity contribution < 1.29 is 4.74 Å². The molecular weight excluding hydrogens is 869 g/mol. The molecule has 0 atom stereocenters. The van der Waals surface area contributed by atoms with Gasteiger partial charge < -0.3 is 4.74 Å². The second-order valence-electron chi connectivity index (χ2n) is 22.5. The third-order valence-electron chi connectivity index (χ3n) is 17.9. The van der Waals surface area contributed by atoms with E-state index in [2.05, 4.69) is 211 Å². The SMILES string of the molecule is CC(C)c1c2c(c(C(C)C)c3ccccc13)-c1ccc3c4ccc5c6c(ccc(c7ccc-2c1c73)c46)c1c(-c2ccc3c(c2)C(C)(C)c2ccccc2O3)c2cc3ccccc3c3c4ccccc4c(c51)c23. The van der Waals surface area contributed by atoms with Crippen LogP contribution in [0.3, 0.4) is 0 Å². The van der Waals surface area contributed by atoms with Crippen molar-refractivity contribution in [3.05, 3.63) is 192 Å². The normalized spacial score (nSPS) is 14.2. The fourth-order valence-corrected chi connectivity index (χ4v) is 15.2. The predicted octanol–water partition coefficient (Wildman–Crippen LogP) is 20.7. The number of hydrogen-bond acceptors (Lipinski definition) is 1. The molecule has 0 radical (unpaired) electrons. The summed E-state index contributed by atoms with van der Waals surface area (Å²) in [6.45, 7) is 14.2. The van der Waals surface area contributed by atoms with E-state index in [0.29, 0.717) is 11.8 Å². The molecule has 72 heavy (non-hydrogen) atoms. The van der Waals surface area contributed by atoms with E-state index in [1.807, 2.05) is 0 Å². The lowest BCUT2D eigenvalue weighted by Crippen LogP contribution is -2.24. The highest BCUT2D eigenvalue weighted by Crippen LogP contribution is 2.61. The van der Waals surface area contributed by atoms with Gasteiger partial charge in [0.1, 0.15) is 11.5 Å². The van der Waals surface area contributed by atoms with E-state index < -0.39 is 0 Å². The van der Waals surface area contributed by atoms with Crippen LogP contribution in [-0.4, -0.2) is 0 Å². The summed E-state index contributed by atoms with van der Waals surface area (Å²) in [6, 6.07) is 65.4. The number of ether oxygens (including phenoxy) is 1. The summed E-state index contributed by atoms with van der Waals surface area (Å²) in [5.74, 6) is 2.62. The van der Waals surface area contributed by atoms with Gasteiger partial charge in [0, 0.05) is 16.5 Å². The molecule has 0 saturated heterocycles. The fraction of sp³-hybridized carbons (Fsp3) is 0.127. The minimum Gasteiger partial charge on any atom is -0.457 e. The molecule has 1 heteroatoms. The number of hydrogen-bond donors (Lipinski definition) is 0. The van der Waals surface area contributed by atoms with Gasteiger partial charge in [-0.15, -0.1) is 0 Å². The lowest BCUT2D eigenvalue weighted by Gasteiger charge is -2.34. The summed E-state index contributed by atoms with van der Waals surface area (Å²) in [5, 5.41) is 29.7. The van der Waals surface area contributed by atoms with Crippen LogP contribution in [0.5, 0.6) is 11.5 Å². The average Bonchev–Trinajstić information content (AvgIpc) is 4.05. The van der Waals surface area contributed by atoms with Crippen LogP contribution in [-0.2, 0) is 5.41 Å². The van der Waals surface area contributed by atoms with Crippen molar-refractivity contribution in [1.82, 2.24) is 0 Å². The summed E-state index contributed by atoms with van der Waals surface area (Å²) < 4.78 is 6.71. The van der Waals surface area contributed by atoms with E-state index in [1.54, 1.807) is 0 Å². The molecule has 0 aromatic heterocycles. The Bertz CT molecular complexity index is 4860. The number of fused-ring (bicyclic) bond motifs is 17. The minimum atomic E-state index is -0.262. The molecule has 15 aromatic carbocycles. The first-order chi connectivity index (χ1) is 35.2. The van der Waals surface area contributed by atoms with Crippen LogP contribution >= 0.6 is 0 Å². The number of benzene rings is 13. The predicted molar refractivity (Wildman–Crippen MR) is 309 cm³/mol. The maximum absolute atomic E-state index is 6.71. The molecule has 0 spiro atoms. The maximum atomic E-state index is 6.71. The summed E-state index contributed by atoms with van der Waals surface area (Å²) in [7, 11) is 0.